The molecular formula is C32H22N2O. The van der Waals surface area contributed by atoms with E-state index in [1.165, 1.54) is 27.5 Å². The second-order valence-electron chi connectivity index (χ2n) is 9.23. The molecular weight excluding hydrogens is 428 g/mol. The molecule has 0 aliphatic heterocycles. The van der Waals surface area contributed by atoms with E-state index in [9.17, 15) is 0 Å². The molecule has 2 heterocycles. The molecule has 0 unspecified atom stereocenters. The number of para-hydroxylation sites is 1. The summed E-state index contributed by atoms with van der Waals surface area (Å²) >= 11 is 0. The zero-order valence-corrected chi connectivity index (χ0v) is 19.5. The lowest BCUT2D eigenvalue weighted by Crippen LogP contribution is -1.92. The molecule has 0 atom stereocenters. The molecule has 0 aliphatic rings. The minimum Gasteiger partial charge on any atom is -0.455 e. The Morgan fingerprint density at radius 3 is 2.40 bits per heavy atom. The largest absolute Gasteiger partial charge is 0.455 e. The molecule has 7 rings (SSSR count). The Balaban J connectivity index is 1.49. The van der Waals surface area contributed by atoms with Crippen LogP contribution in [-0.4, -0.2) is 9.97 Å². The first-order valence-corrected chi connectivity index (χ1v) is 11.8. The maximum absolute atomic E-state index is 6.52. The fraction of sp³-hybridized carbons (Fsp3) is 0.0625. The summed E-state index contributed by atoms with van der Waals surface area (Å²) < 4.78 is 6.52. The monoisotopic (exact) mass is 450 g/mol. The minimum absolute atomic E-state index is 0.855. The van der Waals surface area contributed by atoms with Gasteiger partial charge < -0.3 is 4.42 Å². The molecule has 0 saturated heterocycles. The topological polar surface area (TPSA) is 38.9 Å². The van der Waals surface area contributed by atoms with Crippen LogP contribution in [0, 0.1) is 13.8 Å². The summed E-state index contributed by atoms with van der Waals surface area (Å²) in [6.07, 6.45) is 1.67. The van der Waals surface area contributed by atoms with Crippen molar-refractivity contribution in [3.63, 3.8) is 0 Å². The van der Waals surface area contributed by atoms with Gasteiger partial charge in [-0.1, -0.05) is 72.3 Å². The molecule has 0 N–H and O–H groups in total. The van der Waals surface area contributed by atoms with E-state index < -0.39 is 0 Å². The van der Waals surface area contributed by atoms with Crippen LogP contribution >= 0.6 is 0 Å². The third-order valence-electron chi connectivity index (χ3n) is 6.92. The number of hydrogen-bond acceptors (Lipinski definition) is 3. The van der Waals surface area contributed by atoms with Crippen LogP contribution in [0.25, 0.3) is 66.0 Å². The lowest BCUT2D eigenvalue weighted by molar-refractivity contribution is 0.670. The molecule has 0 aliphatic carbocycles. The quantitative estimate of drug-likeness (QED) is 0.247. The molecule has 7 aromatic rings. The molecule has 0 radical (unpaired) electrons. The summed E-state index contributed by atoms with van der Waals surface area (Å²) in [5, 5.41) is 5.62. The van der Waals surface area contributed by atoms with E-state index in [1.807, 2.05) is 6.07 Å². The Bertz CT molecular complexity index is 1920. The van der Waals surface area contributed by atoms with Crippen LogP contribution in [0.15, 0.2) is 102 Å². The van der Waals surface area contributed by atoms with Gasteiger partial charge in [-0.25, -0.2) is 9.97 Å². The lowest BCUT2D eigenvalue weighted by Gasteiger charge is -2.11. The highest BCUT2D eigenvalue weighted by Gasteiger charge is 2.17. The molecule has 3 heteroatoms. The second-order valence-corrected chi connectivity index (χ2v) is 9.23. The minimum atomic E-state index is 0.855. The van der Waals surface area contributed by atoms with Gasteiger partial charge in [0, 0.05) is 27.1 Å². The van der Waals surface area contributed by atoms with Gasteiger partial charge in [0.2, 0.25) is 0 Å². The Hall–Kier alpha value is -4.50. The highest BCUT2D eigenvalue weighted by molar-refractivity contribution is 6.15. The van der Waals surface area contributed by atoms with Gasteiger partial charge >= 0.3 is 0 Å². The van der Waals surface area contributed by atoms with E-state index in [0.29, 0.717) is 0 Å². The van der Waals surface area contributed by atoms with E-state index in [2.05, 4.69) is 98.8 Å². The molecule has 0 spiro atoms. The predicted octanol–water partition coefficient (Wildman–Crippen LogP) is 8.63. The number of nitrogens with zero attached hydrogens (tertiary/aromatic N) is 2. The van der Waals surface area contributed by atoms with Crippen molar-refractivity contribution in [1.82, 2.24) is 9.97 Å². The third kappa shape index (κ3) is 3.05. The van der Waals surface area contributed by atoms with Gasteiger partial charge in [-0.15, -0.1) is 0 Å². The molecule has 5 aromatic carbocycles. The highest BCUT2D eigenvalue weighted by Crippen LogP contribution is 2.39. The van der Waals surface area contributed by atoms with Gasteiger partial charge in [0.15, 0.2) is 0 Å². The number of aryl methyl sites for hydroxylation is 2. The highest BCUT2D eigenvalue weighted by atomic mass is 16.3. The zero-order chi connectivity index (χ0) is 23.5. The molecule has 35 heavy (non-hydrogen) atoms. The average Bonchev–Trinajstić information content (AvgIpc) is 3.26. The normalized spacial score (nSPS) is 11.7. The van der Waals surface area contributed by atoms with Gasteiger partial charge in [0.1, 0.15) is 17.5 Å². The van der Waals surface area contributed by atoms with Gasteiger partial charge in [-0.05, 0) is 60.2 Å². The van der Waals surface area contributed by atoms with E-state index in [4.69, 9.17) is 14.4 Å². The number of rotatable bonds is 2. The van der Waals surface area contributed by atoms with Crippen LogP contribution in [0.3, 0.4) is 0 Å². The van der Waals surface area contributed by atoms with E-state index >= 15 is 0 Å². The van der Waals surface area contributed by atoms with Gasteiger partial charge in [-0.2, -0.15) is 0 Å². The van der Waals surface area contributed by atoms with Crippen molar-refractivity contribution in [2.75, 3.05) is 0 Å². The van der Waals surface area contributed by atoms with E-state index in [1.54, 1.807) is 6.33 Å². The fourth-order valence-corrected chi connectivity index (χ4v) is 5.39. The molecule has 3 nitrogen and oxygen atoms in total. The summed E-state index contributed by atoms with van der Waals surface area (Å²) in [6, 6.07) is 31.9. The van der Waals surface area contributed by atoms with Crippen molar-refractivity contribution in [2.24, 2.45) is 0 Å². The van der Waals surface area contributed by atoms with E-state index in [-0.39, 0.29) is 0 Å². The van der Waals surface area contributed by atoms with Crippen molar-refractivity contribution in [3.8, 4) is 22.4 Å². The SMILES string of the molecule is Cc1cc(C)c2c(ccc3c(-c4cccc5c4oc4cc(-c6ccccc6)ccc45)ncnc32)c1. The number of benzene rings is 5. The smallest absolute Gasteiger partial charge is 0.144 e. The van der Waals surface area contributed by atoms with Crippen molar-refractivity contribution >= 4 is 43.6 Å². The van der Waals surface area contributed by atoms with Crippen LogP contribution in [0.1, 0.15) is 11.1 Å². The first-order chi connectivity index (χ1) is 17.2. The van der Waals surface area contributed by atoms with Crippen LogP contribution < -0.4 is 0 Å². The van der Waals surface area contributed by atoms with E-state index in [0.717, 1.165) is 49.7 Å². The molecule has 166 valence electrons. The number of furan rings is 1. The van der Waals surface area contributed by atoms with Crippen LogP contribution in [-0.2, 0) is 0 Å². The third-order valence-corrected chi connectivity index (χ3v) is 6.92. The van der Waals surface area contributed by atoms with Crippen molar-refractivity contribution in [1.29, 1.82) is 0 Å². The van der Waals surface area contributed by atoms with Gasteiger partial charge in [0.25, 0.3) is 0 Å². The molecule has 0 amide bonds. The Morgan fingerprint density at radius 1 is 0.657 bits per heavy atom. The number of fused-ring (bicyclic) bond motifs is 6. The first kappa shape index (κ1) is 19.9. The van der Waals surface area contributed by atoms with Gasteiger partial charge in [-0.3, -0.25) is 0 Å². The summed E-state index contributed by atoms with van der Waals surface area (Å²) in [5.74, 6) is 0. The predicted molar refractivity (Wildman–Crippen MR) is 145 cm³/mol. The Morgan fingerprint density at radius 2 is 1.51 bits per heavy atom. The zero-order valence-electron chi connectivity index (χ0n) is 19.5. The molecule has 0 fully saturated rings. The summed E-state index contributed by atoms with van der Waals surface area (Å²) in [5.41, 5.74) is 9.39. The van der Waals surface area contributed by atoms with Crippen molar-refractivity contribution in [2.45, 2.75) is 13.8 Å². The lowest BCUT2D eigenvalue weighted by atomic mass is 9.97. The Kier molecular flexibility index (Phi) is 4.27. The average molecular weight is 451 g/mol. The second kappa shape index (κ2) is 7.51. The summed E-state index contributed by atoms with van der Waals surface area (Å²) in [7, 11) is 0. The maximum Gasteiger partial charge on any atom is 0.144 e. The fourth-order valence-electron chi connectivity index (χ4n) is 5.39. The van der Waals surface area contributed by atoms with Gasteiger partial charge in [0.05, 0.1) is 11.2 Å². The van der Waals surface area contributed by atoms with Crippen LogP contribution in [0.5, 0.6) is 0 Å². The van der Waals surface area contributed by atoms with Crippen molar-refractivity contribution in [3.05, 3.63) is 108 Å². The van der Waals surface area contributed by atoms with Crippen molar-refractivity contribution < 1.29 is 4.42 Å². The molecule has 2 aromatic heterocycles. The Labute approximate surface area is 202 Å². The first-order valence-electron chi connectivity index (χ1n) is 11.8. The number of aromatic nitrogens is 2. The summed E-state index contributed by atoms with van der Waals surface area (Å²) in [4.78, 5) is 9.46. The van der Waals surface area contributed by atoms with Crippen LogP contribution in [0.2, 0.25) is 0 Å². The molecule has 0 saturated carbocycles. The molecule has 0 bridgehead atoms. The summed E-state index contributed by atoms with van der Waals surface area (Å²) in [6.45, 7) is 4.29. The number of hydrogen-bond donors (Lipinski definition) is 0. The maximum atomic E-state index is 6.52. The van der Waals surface area contributed by atoms with Crippen LogP contribution in [0.4, 0.5) is 0 Å². The standard InChI is InChI=1S/C32H22N2O/c1-19-15-20(2)29-23(16-19)12-14-26-30(33-18-34-31(26)29)27-10-6-9-25-24-13-11-22(17-28(24)35-32(25)27)21-7-4-3-5-8-21/h3-18H,1-2H3.